The smallest absolute Gasteiger partial charge is 0.254 e. The Balaban J connectivity index is 2.13. The van der Waals surface area contributed by atoms with Crippen LogP contribution in [0.25, 0.3) is 0 Å². The number of carbonyl (C=O) groups is 1. The van der Waals surface area contributed by atoms with Crippen molar-refractivity contribution in [2.75, 3.05) is 32.5 Å². The highest BCUT2D eigenvalue weighted by Crippen LogP contribution is 2.22. The van der Waals surface area contributed by atoms with Crippen LogP contribution in [0, 0.1) is 18.7 Å². The van der Waals surface area contributed by atoms with Gasteiger partial charge in [-0.3, -0.25) is 4.79 Å². The van der Waals surface area contributed by atoms with Crippen molar-refractivity contribution in [2.45, 2.75) is 13.3 Å². The van der Waals surface area contributed by atoms with Gasteiger partial charge in [-0.2, -0.15) is 0 Å². The summed E-state index contributed by atoms with van der Waals surface area (Å²) >= 11 is 0. The van der Waals surface area contributed by atoms with Gasteiger partial charge in [0.25, 0.3) is 5.91 Å². The predicted octanol–water partition coefficient (Wildman–Crippen LogP) is 1.82. The summed E-state index contributed by atoms with van der Waals surface area (Å²) in [6.07, 6.45) is 0.920. The van der Waals surface area contributed by atoms with E-state index in [0.717, 1.165) is 6.42 Å². The summed E-state index contributed by atoms with van der Waals surface area (Å²) < 4.78 is 18.7. The van der Waals surface area contributed by atoms with Gasteiger partial charge in [-0.25, -0.2) is 4.39 Å². The molecule has 1 atom stereocenters. The molecule has 1 aromatic rings. The Labute approximate surface area is 112 Å². The maximum atomic E-state index is 13.6. The summed E-state index contributed by atoms with van der Waals surface area (Å²) in [6, 6.07) is 2.81. The molecule has 2 rings (SSSR count). The number of rotatable bonds is 3. The number of ether oxygens (including phenoxy) is 1. The molecule has 1 unspecified atom stereocenters. The lowest BCUT2D eigenvalue weighted by molar-refractivity contribution is 0.0775. The van der Waals surface area contributed by atoms with Crippen molar-refractivity contribution in [1.29, 1.82) is 0 Å². The number of hydrogen-bond donors (Lipinski definition) is 1. The first-order valence-electron chi connectivity index (χ1n) is 6.36. The molecule has 0 aromatic heterocycles. The van der Waals surface area contributed by atoms with Crippen LogP contribution in [0.15, 0.2) is 12.1 Å². The van der Waals surface area contributed by atoms with Gasteiger partial charge >= 0.3 is 0 Å². The molecule has 0 bridgehead atoms. The van der Waals surface area contributed by atoms with Crippen LogP contribution in [0.4, 0.5) is 10.1 Å². The third-order valence-corrected chi connectivity index (χ3v) is 3.61. The van der Waals surface area contributed by atoms with Crippen molar-refractivity contribution in [3.8, 4) is 0 Å². The standard InChI is InChI=1S/C14H19FN2O2/c1-9-12(15)5-11(6-13(9)16)14(18)17-4-3-10(7-17)8-19-2/h5-6,10H,3-4,7-8,16H2,1-2H3. The average Bonchev–Trinajstić information content (AvgIpc) is 2.83. The van der Waals surface area contributed by atoms with E-state index in [0.29, 0.717) is 42.4 Å². The van der Waals surface area contributed by atoms with Crippen molar-refractivity contribution in [3.63, 3.8) is 0 Å². The lowest BCUT2D eigenvalue weighted by Crippen LogP contribution is -2.29. The molecular weight excluding hydrogens is 247 g/mol. The van der Waals surface area contributed by atoms with Crippen molar-refractivity contribution < 1.29 is 13.9 Å². The maximum Gasteiger partial charge on any atom is 0.254 e. The van der Waals surface area contributed by atoms with Gasteiger partial charge in [-0.15, -0.1) is 0 Å². The number of benzene rings is 1. The summed E-state index contributed by atoms with van der Waals surface area (Å²) in [4.78, 5) is 14.0. The molecule has 0 saturated carbocycles. The van der Waals surface area contributed by atoms with Gasteiger partial charge in [0.15, 0.2) is 0 Å². The molecule has 1 heterocycles. The zero-order valence-corrected chi connectivity index (χ0v) is 11.3. The molecule has 19 heavy (non-hydrogen) atoms. The van der Waals surface area contributed by atoms with E-state index in [4.69, 9.17) is 10.5 Å². The minimum atomic E-state index is -0.434. The number of hydrogen-bond acceptors (Lipinski definition) is 3. The Hall–Kier alpha value is -1.62. The Kier molecular flexibility index (Phi) is 4.04. The summed E-state index contributed by atoms with van der Waals surface area (Å²) in [5.74, 6) is -0.234. The van der Waals surface area contributed by atoms with Gasteiger partial charge in [0, 0.05) is 42.9 Å². The molecule has 0 spiro atoms. The molecule has 2 N–H and O–H groups in total. The summed E-state index contributed by atoms with van der Waals surface area (Å²) in [5, 5.41) is 0. The molecule has 1 amide bonds. The fourth-order valence-corrected chi connectivity index (χ4v) is 2.40. The topological polar surface area (TPSA) is 55.6 Å². The number of halogens is 1. The van der Waals surface area contributed by atoms with Crippen LogP contribution in [-0.2, 0) is 4.74 Å². The van der Waals surface area contributed by atoms with E-state index in [9.17, 15) is 9.18 Å². The maximum absolute atomic E-state index is 13.6. The van der Waals surface area contributed by atoms with Gasteiger partial charge in [0.1, 0.15) is 5.82 Å². The Morgan fingerprint density at radius 3 is 2.95 bits per heavy atom. The minimum Gasteiger partial charge on any atom is -0.398 e. The molecule has 1 aromatic carbocycles. The second kappa shape index (κ2) is 5.57. The molecule has 1 saturated heterocycles. The molecular formula is C14H19FN2O2. The molecule has 104 valence electrons. The Morgan fingerprint density at radius 2 is 2.32 bits per heavy atom. The molecule has 1 aliphatic rings. The van der Waals surface area contributed by atoms with Gasteiger partial charge in [-0.1, -0.05) is 0 Å². The van der Waals surface area contributed by atoms with Crippen LogP contribution < -0.4 is 5.73 Å². The van der Waals surface area contributed by atoms with E-state index in [1.807, 2.05) is 0 Å². The normalized spacial score (nSPS) is 18.9. The highest BCUT2D eigenvalue weighted by molar-refractivity contribution is 5.95. The summed E-state index contributed by atoms with van der Waals surface area (Å²) in [6.45, 7) is 3.59. The zero-order valence-electron chi connectivity index (χ0n) is 11.3. The van der Waals surface area contributed by atoms with Crippen molar-refractivity contribution >= 4 is 11.6 Å². The number of methoxy groups -OCH3 is 1. The molecule has 0 radical (unpaired) electrons. The molecule has 1 fully saturated rings. The van der Waals surface area contributed by atoms with Crippen molar-refractivity contribution in [1.82, 2.24) is 4.90 Å². The molecule has 4 nitrogen and oxygen atoms in total. The van der Waals surface area contributed by atoms with Crippen molar-refractivity contribution in [3.05, 3.63) is 29.1 Å². The number of nitrogens with zero attached hydrogens (tertiary/aromatic N) is 1. The third-order valence-electron chi connectivity index (χ3n) is 3.61. The monoisotopic (exact) mass is 266 g/mol. The van der Waals surface area contributed by atoms with E-state index in [1.54, 1.807) is 25.0 Å². The summed E-state index contributed by atoms with van der Waals surface area (Å²) in [5.41, 5.74) is 6.72. The first-order valence-corrected chi connectivity index (χ1v) is 6.36. The SMILES string of the molecule is COCC1CCN(C(=O)c2cc(N)c(C)c(F)c2)C1. The third kappa shape index (κ3) is 2.87. The lowest BCUT2D eigenvalue weighted by Gasteiger charge is -2.17. The predicted molar refractivity (Wildman–Crippen MR) is 71.4 cm³/mol. The highest BCUT2D eigenvalue weighted by atomic mass is 19.1. The van der Waals surface area contributed by atoms with Gasteiger partial charge < -0.3 is 15.4 Å². The largest absolute Gasteiger partial charge is 0.398 e. The highest BCUT2D eigenvalue weighted by Gasteiger charge is 2.27. The van der Waals surface area contributed by atoms with Crippen LogP contribution >= 0.6 is 0 Å². The quantitative estimate of drug-likeness (QED) is 0.849. The first-order chi connectivity index (χ1) is 9.02. The van der Waals surface area contributed by atoms with Crippen LogP contribution in [0.3, 0.4) is 0 Å². The number of likely N-dealkylation sites (tertiary alicyclic amines) is 1. The van der Waals surface area contributed by atoms with E-state index in [-0.39, 0.29) is 5.91 Å². The second-order valence-electron chi connectivity index (χ2n) is 5.03. The molecule has 0 aliphatic carbocycles. The van der Waals surface area contributed by atoms with Crippen LogP contribution in [0.5, 0.6) is 0 Å². The van der Waals surface area contributed by atoms with Gasteiger partial charge in [0.2, 0.25) is 0 Å². The van der Waals surface area contributed by atoms with Crippen LogP contribution in [0.1, 0.15) is 22.3 Å². The van der Waals surface area contributed by atoms with Gasteiger partial charge in [0.05, 0.1) is 6.61 Å². The number of nitrogen functional groups attached to an aromatic ring is 1. The Bertz CT molecular complexity index is 467. The van der Waals surface area contributed by atoms with E-state index in [1.165, 1.54) is 6.07 Å². The number of nitrogens with two attached hydrogens (primary N) is 1. The Morgan fingerprint density at radius 1 is 1.58 bits per heavy atom. The molecule has 5 heteroatoms. The minimum absolute atomic E-state index is 0.163. The number of carbonyl (C=O) groups excluding carboxylic acids is 1. The van der Waals surface area contributed by atoms with Crippen molar-refractivity contribution in [2.24, 2.45) is 5.92 Å². The van der Waals surface area contributed by atoms with Crippen LogP contribution in [-0.4, -0.2) is 37.6 Å². The number of anilines is 1. The zero-order chi connectivity index (χ0) is 14.0. The fourth-order valence-electron chi connectivity index (χ4n) is 2.40. The van der Waals surface area contributed by atoms with E-state index in [2.05, 4.69) is 0 Å². The second-order valence-corrected chi connectivity index (χ2v) is 5.03. The number of amides is 1. The average molecular weight is 266 g/mol. The van der Waals surface area contributed by atoms with Gasteiger partial charge in [-0.05, 0) is 25.5 Å². The van der Waals surface area contributed by atoms with Crippen LogP contribution in [0.2, 0.25) is 0 Å². The fraction of sp³-hybridized carbons (Fsp3) is 0.500. The van der Waals surface area contributed by atoms with E-state index >= 15 is 0 Å². The van der Waals surface area contributed by atoms with E-state index < -0.39 is 5.82 Å². The summed E-state index contributed by atoms with van der Waals surface area (Å²) in [7, 11) is 1.65. The molecule has 1 aliphatic heterocycles. The lowest BCUT2D eigenvalue weighted by atomic mass is 10.1. The first kappa shape index (κ1) is 13.8.